The van der Waals surface area contributed by atoms with E-state index in [2.05, 4.69) is 26.5 Å². The second-order valence-electron chi connectivity index (χ2n) is 13.4. The van der Waals surface area contributed by atoms with E-state index in [0.29, 0.717) is 12.8 Å². The van der Waals surface area contributed by atoms with Crippen molar-refractivity contribution in [1.29, 1.82) is 0 Å². The van der Waals surface area contributed by atoms with E-state index < -0.39 is 52.7 Å². The van der Waals surface area contributed by atoms with Crippen LogP contribution in [0.2, 0.25) is 0 Å². The van der Waals surface area contributed by atoms with Gasteiger partial charge in [0.25, 0.3) is 0 Å². The van der Waals surface area contributed by atoms with Crippen LogP contribution in [0.1, 0.15) is 66.7 Å². The van der Waals surface area contributed by atoms with E-state index in [9.17, 15) is 29.7 Å². The van der Waals surface area contributed by atoms with E-state index in [1.54, 1.807) is 13.0 Å². The summed E-state index contributed by atoms with van der Waals surface area (Å²) in [5, 5.41) is 32.5. The Balaban J connectivity index is 1.55. The first-order chi connectivity index (χ1) is 17.2. The number of esters is 1. The van der Waals surface area contributed by atoms with Crippen molar-refractivity contribution in [2.45, 2.75) is 85.0 Å². The minimum atomic E-state index is -1.41. The molecule has 0 aliphatic heterocycles. The summed E-state index contributed by atoms with van der Waals surface area (Å²) in [6, 6.07) is 0. The van der Waals surface area contributed by atoms with Gasteiger partial charge in [-0.2, -0.15) is 0 Å². The highest BCUT2D eigenvalue weighted by atomic mass is 16.5. The molecule has 7 nitrogen and oxygen atoms in total. The molecule has 0 heterocycles. The quantitative estimate of drug-likeness (QED) is 0.368. The van der Waals surface area contributed by atoms with Gasteiger partial charge >= 0.3 is 5.97 Å². The van der Waals surface area contributed by atoms with Crippen LogP contribution < -0.4 is 0 Å². The fourth-order valence-corrected chi connectivity index (χ4v) is 10.0. The van der Waals surface area contributed by atoms with Gasteiger partial charge in [-0.05, 0) is 65.9 Å². The number of aliphatic hydroxyl groups is 3. The van der Waals surface area contributed by atoms with Gasteiger partial charge in [-0.25, -0.2) is 0 Å². The zero-order chi connectivity index (χ0) is 27.3. The van der Waals surface area contributed by atoms with E-state index in [-0.39, 0.29) is 46.5 Å². The van der Waals surface area contributed by atoms with E-state index in [4.69, 9.17) is 4.74 Å². The summed E-state index contributed by atoms with van der Waals surface area (Å²) in [5.74, 6) is -2.20. The molecule has 0 amide bonds. The van der Waals surface area contributed by atoms with Gasteiger partial charge in [0.1, 0.15) is 12.2 Å². The summed E-state index contributed by atoms with van der Waals surface area (Å²) in [7, 11) is 0. The molecule has 0 aromatic rings. The van der Waals surface area contributed by atoms with Crippen LogP contribution >= 0.6 is 0 Å². The smallest absolute Gasteiger partial charge is 0.302 e. The summed E-state index contributed by atoms with van der Waals surface area (Å²) >= 11 is 0. The Hall–Kier alpha value is -1.83. The average molecular weight is 515 g/mol. The number of hydrogen-bond donors (Lipinski definition) is 3. The largest absolute Gasteiger partial charge is 0.462 e. The second kappa shape index (κ2) is 8.33. The van der Waals surface area contributed by atoms with Crippen molar-refractivity contribution in [3.05, 3.63) is 24.3 Å². The first-order valence-electron chi connectivity index (χ1n) is 13.8. The molecule has 5 aliphatic carbocycles. The maximum atomic E-state index is 13.4. The number of rotatable bonds is 6. The monoisotopic (exact) mass is 514 g/mol. The van der Waals surface area contributed by atoms with Gasteiger partial charge in [-0.15, -0.1) is 0 Å². The molecule has 1 unspecified atom stereocenters. The molecule has 0 aromatic heterocycles. The predicted molar refractivity (Wildman–Crippen MR) is 136 cm³/mol. The van der Waals surface area contributed by atoms with Crippen LogP contribution in [0.15, 0.2) is 24.3 Å². The van der Waals surface area contributed by atoms with Crippen molar-refractivity contribution in [2.75, 3.05) is 6.61 Å². The van der Waals surface area contributed by atoms with E-state index >= 15 is 0 Å². The van der Waals surface area contributed by atoms with Gasteiger partial charge in [0.2, 0.25) is 0 Å². The number of Topliss-reactive ketones (excluding diaryl/α,β-unsaturated/α-hetero) is 1. The SMILES string of the molecule is C=C(C(=O)[C@H](O)C1[C@@H](OC(C)=O)C[C@@]2(C)[C@@H]3C[C@@H](O)[C@H]4[C@H](C)C(=O)C=C[C@@]45C[C@@]35CC[C@]12C)[C@@H](C)CO. The number of carbonyl (C=O) groups is 3. The van der Waals surface area contributed by atoms with Crippen molar-refractivity contribution >= 4 is 17.5 Å². The highest BCUT2D eigenvalue weighted by Crippen LogP contribution is 2.87. The Labute approximate surface area is 219 Å². The van der Waals surface area contributed by atoms with E-state index in [1.807, 2.05) is 6.92 Å². The van der Waals surface area contributed by atoms with Gasteiger partial charge in [0.05, 0.1) is 6.10 Å². The van der Waals surface area contributed by atoms with Crippen LogP contribution in [0.4, 0.5) is 0 Å². The van der Waals surface area contributed by atoms with Crippen LogP contribution in [0, 0.1) is 51.2 Å². The third kappa shape index (κ3) is 3.26. The topological polar surface area (TPSA) is 121 Å². The van der Waals surface area contributed by atoms with Crippen molar-refractivity contribution in [2.24, 2.45) is 51.2 Å². The Morgan fingerprint density at radius 1 is 1.24 bits per heavy atom. The van der Waals surface area contributed by atoms with E-state index in [1.165, 1.54) is 6.92 Å². The van der Waals surface area contributed by atoms with Crippen molar-refractivity contribution < 1.29 is 34.4 Å². The van der Waals surface area contributed by atoms with Gasteiger partial charge < -0.3 is 20.1 Å². The Morgan fingerprint density at radius 3 is 2.54 bits per heavy atom. The van der Waals surface area contributed by atoms with Crippen molar-refractivity contribution in [1.82, 2.24) is 0 Å². The summed E-state index contributed by atoms with van der Waals surface area (Å²) in [4.78, 5) is 38.1. The Kier molecular flexibility index (Phi) is 6.03. The highest BCUT2D eigenvalue weighted by Gasteiger charge is 2.83. The molecule has 204 valence electrons. The number of ketones is 2. The summed E-state index contributed by atoms with van der Waals surface area (Å²) < 4.78 is 5.82. The molecule has 0 saturated heterocycles. The molecule has 37 heavy (non-hydrogen) atoms. The molecule has 4 saturated carbocycles. The molecule has 2 spiro atoms. The highest BCUT2D eigenvalue weighted by molar-refractivity contribution is 5.99. The summed E-state index contributed by atoms with van der Waals surface area (Å²) in [6.07, 6.45) is 4.73. The van der Waals surface area contributed by atoms with E-state index in [0.717, 1.165) is 19.3 Å². The van der Waals surface area contributed by atoms with Crippen molar-refractivity contribution in [3.8, 4) is 0 Å². The maximum absolute atomic E-state index is 13.4. The fourth-order valence-electron chi connectivity index (χ4n) is 10.0. The number of fused-ring (bicyclic) bond motifs is 2. The second-order valence-corrected chi connectivity index (χ2v) is 13.4. The van der Waals surface area contributed by atoms with Crippen LogP contribution in [-0.2, 0) is 19.1 Å². The lowest BCUT2D eigenvalue weighted by molar-refractivity contribution is -0.166. The Bertz CT molecular complexity index is 1080. The normalized spacial score (nSPS) is 49.1. The standard InChI is InChI=1S/C30H42O7/c1-15(13-31)16(2)25(35)26(36)24-21(37-18(4)32)12-28(6)22-11-20(34)23-17(3)19(33)7-8-30(23)14-29(22,30)10-9-27(24,28)5/h7-8,15,17,20-24,26,31,34,36H,2,9-14H2,1,3-6H3/t15-,17+,20+,21-,22-,23+,24?,26+,27+,28-,29-,30+/m0/s1. The first-order valence-corrected chi connectivity index (χ1v) is 13.8. The van der Waals surface area contributed by atoms with Gasteiger partial charge in [-0.1, -0.05) is 40.3 Å². The fraction of sp³-hybridized carbons (Fsp3) is 0.767. The number of aliphatic hydroxyl groups excluding tert-OH is 3. The predicted octanol–water partition coefficient (Wildman–Crippen LogP) is 3.01. The lowest BCUT2D eigenvalue weighted by Gasteiger charge is -2.61. The van der Waals surface area contributed by atoms with Crippen molar-refractivity contribution in [3.63, 3.8) is 0 Å². The molecule has 4 fully saturated rings. The zero-order valence-electron chi connectivity index (χ0n) is 22.7. The molecule has 0 aromatic carbocycles. The lowest BCUT2D eigenvalue weighted by atomic mass is 9.43. The zero-order valence-corrected chi connectivity index (χ0v) is 22.7. The molecule has 3 N–H and O–H groups in total. The van der Waals surface area contributed by atoms with Gasteiger partial charge in [0, 0.05) is 42.6 Å². The van der Waals surface area contributed by atoms with Gasteiger partial charge in [-0.3, -0.25) is 14.4 Å². The molecule has 12 atom stereocenters. The third-order valence-corrected chi connectivity index (χ3v) is 12.1. The first kappa shape index (κ1) is 26.8. The number of hydrogen-bond acceptors (Lipinski definition) is 7. The van der Waals surface area contributed by atoms with Crippen LogP contribution in [0.25, 0.3) is 0 Å². The minimum Gasteiger partial charge on any atom is -0.462 e. The molecular formula is C30H42O7. The summed E-state index contributed by atoms with van der Waals surface area (Å²) in [6.45, 7) is 12.9. The number of ether oxygens (including phenoxy) is 1. The maximum Gasteiger partial charge on any atom is 0.302 e. The average Bonchev–Trinajstić information content (AvgIpc) is 3.43. The minimum absolute atomic E-state index is 0.0454. The van der Waals surface area contributed by atoms with Crippen LogP contribution in [-0.4, -0.2) is 57.8 Å². The number of carbonyl (C=O) groups excluding carboxylic acids is 3. The molecule has 5 aliphatic rings. The Morgan fingerprint density at radius 2 is 1.92 bits per heavy atom. The van der Waals surface area contributed by atoms with Gasteiger partial charge in [0.15, 0.2) is 11.6 Å². The molecule has 0 bridgehead atoms. The molecule has 0 radical (unpaired) electrons. The molecule has 5 rings (SSSR count). The van der Waals surface area contributed by atoms with Crippen LogP contribution in [0.5, 0.6) is 0 Å². The molecule has 7 heteroatoms. The summed E-state index contributed by atoms with van der Waals surface area (Å²) in [5.41, 5.74) is -1.02. The van der Waals surface area contributed by atoms with Crippen LogP contribution in [0.3, 0.4) is 0 Å². The lowest BCUT2D eigenvalue weighted by Crippen LogP contribution is -2.59. The third-order valence-electron chi connectivity index (χ3n) is 12.1. The number of allylic oxidation sites excluding steroid dienone is 2. The molecular weight excluding hydrogens is 472 g/mol.